The number of nitrogens with one attached hydrogen (secondary N) is 2. The van der Waals surface area contributed by atoms with Crippen LogP contribution in [-0.2, 0) is 4.79 Å². The zero-order valence-corrected chi connectivity index (χ0v) is 13.0. The van der Waals surface area contributed by atoms with Gasteiger partial charge >= 0.3 is 0 Å². The van der Waals surface area contributed by atoms with Crippen LogP contribution in [0, 0.1) is 12.8 Å². The van der Waals surface area contributed by atoms with Gasteiger partial charge in [0.1, 0.15) is 4.60 Å². The monoisotopic (exact) mass is 325 g/mol. The van der Waals surface area contributed by atoms with Gasteiger partial charge in [-0.25, -0.2) is 4.98 Å². The normalized spacial score (nSPS) is 23.1. The van der Waals surface area contributed by atoms with Crippen LogP contribution in [0.2, 0.25) is 0 Å². The summed E-state index contributed by atoms with van der Waals surface area (Å²) < 4.78 is 0.782. The lowest BCUT2D eigenvalue weighted by molar-refractivity contribution is -0.119. The Morgan fingerprint density at radius 1 is 1.58 bits per heavy atom. The van der Waals surface area contributed by atoms with E-state index in [-0.39, 0.29) is 11.9 Å². The Kier molecular flexibility index (Phi) is 4.93. The third-order valence-corrected chi connectivity index (χ3v) is 4.16. The summed E-state index contributed by atoms with van der Waals surface area (Å²) in [5, 5.41) is 6.26. The Balaban J connectivity index is 2.00. The number of amides is 1. The van der Waals surface area contributed by atoms with E-state index in [4.69, 9.17) is 0 Å². The third kappa shape index (κ3) is 3.76. The van der Waals surface area contributed by atoms with E-state index >= 15 is 0 Å². The lowest BCUT2D eigenvalue weighted by atomic mass is 9.90. The maximum absolute atomic E-state index is 12.3. The van der Waals surface area contributed by atoms with Gasteiger partial charge in [0.2, 0.25) is 5.91 Å². The highest BCUT2D eigenvalue weighted by Gasteiger charge is 2.26. The molecule has 2 unspecified atom stereocenters. The second-order valence-electron chi connectivity index (χ2n) is 5.06. The standard InChI is InChI=1S/C14H20BrN3O/c1-3-10-6-7-16-12(8-10)14(19)18-11-4-5-13(15)17-9(11)2/h4-5,10,12,16H,3,6-8H2,1-2H3,(H,18,19). The van der Waals surface area contributed by atoms with Gasteiger partial charge in [0.05, 0.1) is 17.4 Å². The van der Waals surface area contributed by atoms with Crippen molar-refractivity contribution in [3.63, 3.8) is 0 Å². The Bertz CT molecular complexity index is 464. The van der Waals surface area contributed by atoms with Gasteiger partial charge in [0.25, 0.3) is 0 Å². The minimum absolute atomic E-state index is 0.0466. The number of pyridine rings is 1. The molecule has 1 amide bonds. The smallest absolute Gasteiger partial charge is 0.241 e. The fourth-order valence-electron chi connectivity index (χ4n) is 2.45. The van der Waals surface area contributed by atoms with Crippen LogP contribution in [0.15, 0.2) is 16.7 Å². The van der Waals surface area contributed by atoms with Gasteiger partial charge in [-0.15, -0.1) is 0 Å². The molecule has 4 nitrogen and oxygen atoms in total. The first-order valence-corrected chi connectivity index (χ1v) is 7.57. The molecule has 1 aliphatic rings. The number of carbonyl (C=O) groups excluding carboxylic acids is 1. The third-order valence-electron chi connectivity index (χ3n) is 3.72. The highest BCUT2D eigenvalue weighted by molar-refractivity contribution is 9.10. The van der Waals surface area contributed by atoms with Gasteiger partial charge in [0, 0.05) is 0 Å². The van der Waals surface area contributed by atoms with E-state index < -0.39 is 0 Å². The van der Waals surface area contributed by atoms with Crippen molar-refractivity contribution in [2.75, 3.05) is 11.9 Å². The predicted octanol–water partition coefficient (Wildman–Crippen LogP) is 2.87. The number of hydrogen-bond donors (Lipinski definition) is 2. The second kappa shape index (κ2) is 6.48. The fraction of sp³-hybridized carbons (Fsp3) is 0.571. The molecule has 1 aliphatic heterocycles. The van der Waals surface area contributed by atoms with E-state index in [2.05, 4.69) is 38.5 Å². The number of aromatic nitrogens is 1. The number of hydrogen-bond acceptors (Lipinski definition) is 3. The summed E-state index contributed by atoms with van der Waals surface area (Å²) in [6, 6.07) is 3.64. The highest BCUT2D eigenvalue weighted by Crippen LogP contribution is 2.21. The Morgan fingerprint density at radius 3 is 3.05 bits per heavy atom. The molecule has 104 valence electrons. The quantitative estimate of drug-likeness (QED) is 0.840. The highest BCUT2D eigenvalue weighted by atomic mass is 79.9. The number of rotatable bonds is 3. The molecule has 1 saturated heterocycles. The number of nitrogens with zero attached hydrogens (tertiary/aromatic N) is 1. The van der Waals surface area contributed by atoms with Crippen LogP contribution >= 0.6 is 15.9 Å². The van der Waals surface area contributed by atoms with E-state index in [0.29, 0.717) is 5.92 Å². The zero-order chi connectivity index (χ0) is 13.8. The first-order chi connectivity index (χ1) is 9.10. The summed E-state index contributed by atoms with van der Waals surface area (Å²) >= 11 is 3.32. The molecule has 1 aromatic heterocycles. The Labute approximate surface area is 122 Å². The van der Waals surface area contributed by atoms with Crippen molar-refractivity contribution in [1.82, 2.24) is 10.3 Å². The summed E-state index contributed by atoms with van der Waals surface area (Å²) in [5.74, 6) is 0.700. The van der Waals surface area contributed by atoms with Crippen molar-refractivity contribution in [3.05, 3.63) is 22.4 Å². The molecule has 2 N–H and O–H groups in total. The molecule has 2 heterocycles. The molecule has 2 atom stereocenters. The molecular formula is C14H20BrN3O. The lowest BCUT2D eigenvalue weighted by Gasteiger charge is -2.28. The Hall–Kier alpha value is -0.940. The molecule has 19 heavy (non-hydrogen) atoms. The van der Waals surface area contributed by atoms with Crippen molar-refractivity contribution >= 4 is 27.5 Å². The zero-order valence-electron chi connectivity index (χ0n) is 11.4. The summed E-state index contributed by atoms with van der Waals surface area (Å²) in [6.45, 7) is 5.01. The van der Waals surface area contributed by atoms with Gasteiger partial charge in [-0.3, -0.25) is 4.79 Å². The topological polar surface area (TPSA) is 54.0 Å². The summed E-state index contributed by atoms with van der Waals surface area (Å²) in [5.41, 5.74) is 1.61. The molecule has 0 saturated carbocycles. The molecule has 0 aromatic carbocycles. The first kappa shape index (κ1) is 14.5. The molecular weight excluding hydrogens is 306 g/mol. The van der Waals surface area contributed by atoms with Gasteiger partial charge in [-0.1, -0.05) is 13.3 Å². The number of aryl methyl sites for hydroxylation is 1. The second-order valence-corrected chi connectivity index (χ2v) is 5.87. The van der Waals surface area contributed by atoms with E-state index in [1.807, 2.05) is 19.1 Å². The minimum Gasteiger partial charge on any atom is -0.323 e. The molecule has 1 aromatic rings. The van der Waals surface area contributed by atoms with Crippen molar-refractivity contribution < 1.29 is 4.79 Å². The average molecular weight is 326 g/mol. The largest absolute Gasteiger partial charge is 0.323 e. The van der Waals surface area contributed by atoms with Crippen LogP contribution in [0.5, 0.6) is 0 Å². The van der Waals surface area contributed by atoms with E-state index in [1.165, 1.54) is 6.42 Å². The first-order valence-electron chi connectivity index (χ1n) is 6.77. The van der Waals surface area contributed by atoms with E-state index in [9.17, 15) is 4.79 Å². The Morgan fingerprint density at radius 2 is 2.37 bits per heavy atom. The van der Waals surface area contributed by atoms with Gasteiger partial charge < -0.3 is 10.6 Å². The SMILES string of the molecule is CCC1CCNC(C(=O)Nc2ccc(Br)nc2C)C1. The molecule has 1 fully saturated rings. The van der Waals surface area contributed by atoms with E-state index in [1.54, 1.807) is 0 Å². The molecule has 0 aliphatic carbocycles. The lowest BCUT2D eigenvalue weighted by Crippen LogP contribution is -2.46. The number of piperidine rings is 1. The summed E-state index contributed by atoms with van der Waals surface area (Å²) in [7, 11) is 0. The molecule has 0 spiro atoms. The fourth-order valence-corrected chi connectivity index (χ4v) is 2.85. The van der Waals surface area contributed by atoms with Gasteiger partial charge in [0.15, 0.2) is 0 Å². The van der Waals surface area contributed by atoms with Crippen molar-refractivity contribution in [1.29, 1.82) is 0 Å². The van der Waals surface area contributed by atoms with Crippen LogP contribution in [0.1, 0.15) is 31.9 Å². The molecule has 0 radical (unpaired) electrons. The molecule has 0 bridgehead atoms. The van der Waals surface area contributed by atoms with Crippen LogP contribution in [0.25, 0.3) is 0 Å². The minimum atomic E-state index is -0.0817. The number of halogens is 1. The van der Waals surface area contributed by atoms with Crippen LogP contribution in [0.3, 0.4) is 0 Å². The van der Waals surface area contributed by atoms with Gasteiger partial charge in [-0.2, -0.15) is 0 Å². The molecule has 2 rings (SSSR count). The number of carbonyl (C=O) groups is 1. The average Bonchev–Trinajstić information content (AvgIpc) is 2.42. The number of anilines is 1. The van der Waals surface area contributed by atoms with Crippen molar-refractivity contribution in [2.24, 2.45) is 5.92 Å². The van der Waals surface area contributed by atoms with Crippen molar-refractivity contribution in [3.8, 4) is 0 Å². The van der Waals surface area contributed by atoms with Crippen LogP contribution in [0.4, 0.5) is 5.69 Å². The maximum atomic E-state index is 12.3. The maximum Gasteiger partial charge on any atom is 0.241 e. The van der Waals surface area contributed by atoms with Crippen LogP contribution < -0.4 is 10.6 Å². The summed E-state index contributed by atoms with van der Waals surface area (Å²) in [4.78, 5) is 16.5. The van der Waals surface area contributed by atoms with E-state index in [0.717, 1.165) is 35.4 Å². The molecule has 5 heteroatoms. The summed E-state index contributed by atoms with van der Waals surface area (Å²) in [6.07, 6.45) is 3.23. The van der Waals surface area contributed by atoms with Crippen LogP contribution in [-0.4, -0.2) is 23.5 Å². The predicted molar refractivity (Wildman–Crippen MR) is 80.1 cm³/mol. The van der Waals surface area contributed by atoms with Crippen molar-refractivity contribution in [2.45, 2.75) is 39.2 Å². The van der Waals surface area contributed by atoms with Gasteiger partial charge in [-0.05, 0) is 60.3 Å².